The summed E-state index contributed by atoms with van der Waals surface area (Å²) in [5.74, 6) is 0.606. The predicted molar refractivity (Wildman–Crippen MR) is 109 cm³/mol. The van der Waals surface area contributed by atoms with Crippen molar-refractivity contribution in [1.29, 1.82) is 0 Å². The highest BCUT2D eigenvalue weighted by molar-refractivity contribution is 7.17. The molecule has 0 fully saturated rings. The number of nitrogens with zero attached hydrogens (tertiary/aromatic N) is 1. The summed E-state index contributed by atoms with van der Waals surface area (Å²) in [4.78, 5) is 21.2. The van der Waals surface area contributed by atoms with Gasteiger partial charge in [-0.05, 0) is 22.4 Å². The molecule has 0 aliphatic rings. The number of rotatable bonds is 2. The van der Waals surface area contributed by atoms with Crippen LogP contribution in [0.5, 0.6) is 0 Å². The molecule has 0 aliphatic carbocycles. The maximum atomic E-state index is 12.8. The van der Waals surface area contributed by atoms with Gasteiger partial charge < -0.3 is 4.98 Å². The monoisotopic (exact) mass is 354 g/mol. The van der Waals surface area contributed by atoms with E-state index in [0.717, 1.165) is 26.9 Å². The van der Waals surface area contributed by atoms with Gasteiger partial charge in [0.25, 0.3) is 5.56 Å². The molecule has 0 atom stereocenters. The van der Waals surface area contributed by atoms with Gasteiger partial charge in [0, 0.05) is 16.5 Å². The Kier molecular flexibility index (Phi) is 3.43. The summed E-state index contributed by atoms with van der Waals surface area (Å²) in [6.07, 6.45) is 0. The second kappa shape index (κ2) is 5.93. The largest absolute Gasteiger partial charge is 0.306 e. The molecule has 2 heterocycles. The fourth-order valence-corrected chi connectivity index (χ4v) is 4.20. The molecule has 0 bridgehead atoms. The molecule has 4 heteroatoms. The Morgan fingerprint density at radius 3 is 2.42 bits per heavy atom. The molecule has 5 aromatic rings. The lowest BCUT2D eigenvalue weighted by molar-refractivity contribution is 1.19. The fourth-order valence-electron chi connectivity index (χ4n) is 3.25. The zero-order chi connectivity index (χ0) is 17.5. The first-order chi connectivity index (χ1) is 12.8. The predicted octanol–water partition coefficient (Wildman–Crippen LogP) is 5.47. The normalized spacial score (nSPS) is 11.2. The van der Waals surface area contributed by atoms with Gasteiger partial charge in [0.05, 0.1) is 5.39 Å². The third-order valence-electron chi connectivity index (χ3n) is 4.55. The van der Waals surface area contributed by atoms with Gasteiger partial charge in [0.1, 0.15) is 10.7 Å². The van der Waals surface area contributed by atoms with Crippen molar-refractivity contribution in [3.63, 3.8) is 0 Å². The van der Waals surface area contributed by atoms with Gasteiger partial charge in [-0.2, -0.15) is 0 Å². The van der Waals surface area contributed by atoms with E-state index in [9.17, 15) is 4.79 Å². The number of aromatic amines is 1. The van der Waals surface area contributed by atoms with Crippen molar-refractivity contribution in [1.82, 2.24) is 9.97 Å². The molecule has 0 saturated heterocycles. The summed E-state index contributed by atoms with van der Waals surface area (Å²) in [5.41, 5.74) is 2.78. The van der Waals surface area contributed by atoms with Crippen LogP contribution in [0.25, 0.3) is 43.5 Å². The van der Waals surface area contributed by atoms with Crippen LogP contribution in [0.4, 0.5) is 0 Å². The second-order valence-corrected chi connectivity index (χ2v) is 7.03. The smallest absolute Gasteiger partial charge is 0.260 e. The second-order valence-electron chi connectivity index (χ2n) is 6.17. The van der Waals surface area contributed by atoms with Crippen LogP contribution >= 0.6 is 11.3 Å². The topological polar surface area (TPSA) is 45.8 Å². The fraction of sp³-hybridized carbons (Fsp3) is 0. The average molecular weight is 354 g/mol. The van der Waals surface area contributed by atoms with E-state index in [-0.39, 0.29) is 5.56 Å². The minimum absolute atomic E-state index is 0.0988. The molecule has 5 rings (SSSR count). The van der Waals surface area contributed by atoms with Gasteiger partial charge in [-0.1, -0.05) is 66.7 Å². The first-order valence-electron chi connectivity index (χ1n) is 8.36. The number of fused-ring (bicyclic) bond motifs is 2. The Hall–Kier alpha value is -3.24. The molecule has 124 valence electrons. The Balaban J connectivity index is 1.71. The molecule has 3 nitrogen and oxygen atoms in total. The number of H-pyrrole nitrogens is 1. The number of nitrogens with one attached hydrogen (secondary N) is 1. The molecule has 1 N–H and O–H groups in total. The molecule has 0 aliphatic heterocycles. The van der Waals surface area contributed by atoms with Crippen molar-refractivity contribution >= 4 is 32.3 Å². The lowest BCUT2D eigenvalue weighted by Gasteiger charge is -2.04. The van der Waals surface area contributed by atoms with Crippen molar-refractivity contribution < 1.29 is 0 Å². The van der Waals surface area contributed by atoms with Crippen LogP contribution in [0, 0.1) is 0 Å². The molecule has 0 unspecified atom stereocenters. The molecular formula is C22H14N2OS. The third-order valence-corrected chi connectivity index (χ3v) is 5.42. The van der Waals surface area contributed by atoms with Crippen molar-refractivity contribution in [2.75, 3.05) is 0 Å². The zero-order valence-corrected chi connectivity index (χ0v) is 14.6. The van der Waals surface area contributed by atoms with Crippen LogP contribution in [0.15, 0.2) is 83.0 Å². The van der Waals surface area contributed by atoms with E-state index in [1.54, 1.807) is 0 Å². The maximum absolute atomic E-state index is 12.8. The average Bonchev–Trinajstić information content (AvgIpc) is 3.13. The number of hydrogen-bond donors (Lipinski definition) is 1. The van der Waals surface area contributed by atoms with E-state index in [1.165, 1.54) is 16.7 Å². The van der Waals surface area contributed by atoms with Gasteiger partial charge >= 0.3 is 0 Å². The van der Waals surface area contributed by atoms with Gasteiger partial charge in [0.2, 0.25) is 0 Å². The summed E-state index contributed by atoms with van der Waals surface area (Å²) in [7, 11) is 0. The minimum atomic E-state index is -0.0988. The molecule has 0 saturated carbocycles. The van der Waals surface area contributed by atoms with Gasteiger partial charge in [-0.25, -0.2) is 4.98 Å². The first kappa shape index (κ1) is 15.0. The molecule has 0 amide bonds. The molecule has 0 radical (unpaired) electrons. The van der Waals surface area contributed by atoms with Gasteiger partial charge in [-0.3, -0.25) is 4.79 Å². The Bertz CT molecular complexity index is 1300. The molecule has 2 aromatic heterocycles. The third kappa shape index (κ3) is 2.43. The number of thiophene rings is 1. The van der Waals surface area contributed by atoms with Crippen molar-refractivity contribution in [3.05, 3.63) is 88.5 Å². The summed E-state index contributed by atoms with van der Waals surface area (Å²) in [6, 6.07) is 24.2. The van der Waals surface area contributed by atoms with Crippen LogP contribution in [-0.4, -0.2) is 9.97 Å². The Morgan fingerprint density at radius 2 is 1.58 bits per heavy atom. The van der Waals surface area contributed by atoms with E-state index in [2.05, 4.69) is 40.3 Å². The van der Waals surface area contributed by atoms with E-state index in [4.69, 9.17) is 0 Å². The maximum Gasteiger partial charge on any atom is 0.260 e. The highest BCUT2D eigenvalue weighted by atomic mass is 32.1. The quantitative estimate of drug-likeness (QED) is 0.457. The lowest BCUT2D eigenvalue weighted by Crippen LogP contribution is -2.08. The van der Waals surface area contributed by atoms with Crippen LogP contribution in [0.2, 0.25) is 0 Å². The van der Waals surface area contributed by atoms with Crippen molar-refractivity contribution in [2.45, 2.75) is 0 Å². The zero-order valence-electron chi connectivity index (χ0n) is 13.8. The first-order valence-corrected chi connectivity index (χ1v) is 9.24. The van der Waals surface area contributed by atoms with E-state index < -0.39 is 0 Å². The summed E-state index contributed by atoms with van der Waals surface area (Å²) < 4.78 is 0. The molecule has 26 heavy (non-hydrogen) atoms. The van der Waals surface area contributed by atoms with Crippen molar-refractivity contribution in [3.8, 4) is 22.5 Å². The van der Waals surface area contributed by atoms with Crippen LogP contribution in [0.3, 0.4) is 0 Å². The standard InChI is InChI=1S/C22H14N2OS/c25-21-19-18(17-11-10-14-6-4-5-9-16(14)12-17)13-26-22(19)24-20(23-21)15-7-2-1-3-8-15/h1-13H,(H,23,24,25). The van der Waals surface area contributed by atoms with Crippen molar-refractivity contribution in [2.24, 2.45) is 0 Å². The number of hydrogen-bond acceptors (Lipinski definition) is 3. The Labute approximate surface area is 153 Å². The molecule has 0 spiro atoms. The summed E-state index contributed by atoms with van der Waals surface area (Å²) in [6.45, 7) is 0. The van der Waals surface area contributed by atoms with E-state index in [1.807, 2.05) is 47.8 Å². The van der Waals surface area contributed by atoms with Gasteiger partial charge in [-0.15, -0.1) is 11.3 Å². The minimum Gasteiger partial charge on any atom is -0.306 e. The lowest BCUT2D eigenvalue weighted by atomic mass is 10.0. The number of aromatic nitrogens is 2. The molecule has 3 aromatic carbocycles. The highest BCUT2D eigenvalue weighted by Crippen LogP contribution is 2.33. The SMILES string of the molecule is O=c1[nH]c(-c2ccccc2)nc2scc(-c3ccc4ccccc4c3)c12. The van der Waals surface area contributed by atoms with Gasteiger partial charge in [0.15, 0.2) is 0 Å². The summed E-state index contributed by atoms with van der Waals surface area (Å²) in [5, 5.41) is 5.03. The summed E-state index contributed by atoms with van der Waals surface area (Å²) >= 11 is 1.51. The highest BCUT2D eigenvalue weighted by Gasteiger charge is 2.14. The Morgan fingerprint density at radius 1 is 0.808 bits per heavy atom. The van der Waals surface area contributed by atoms with E-state index >= 15 is 0 Å². The molecular weight excluding hydrogens is 340 g/mol. The van der Waals surface area contributed by atoms with Crippen LogP contribution < -0.4 is 5.56 Å². The van der Waals surface area contributed by atoms with E-state index in [0.29, 0.717) is 11.2 Å². The van der Waals surface area contributed by atoms with Crippen LogP contribution in [0.1, 0.15) is 0 Å². The van der Waals surface area contributed by atoms with Crippen LogP contribution in [-0.2, 0) is 0 Å². The number of benzene rings is 3.